The van der Waals surface area contributed by atoms with Gasteiger partial charge in [-0.05, 0) is 77.5 Å². The lowest BCUT2D eigenvalue weighted by Crippen LogP contribution is -2.14. The fraction of sp³-hybridized carbons (Fsp3) is 0.211. The van der Waals surface area contributed by atoms with Gasteiger partial charge in [-0.15, -0.1) is 5.10 Å². The Balaban J connectivity index is 1.48. The maximum Gasteiger partial charge on any atom is 0.255 e. The van der Waals surface area contributed by atoms with E-state index in [0.29, 0.717) is 22.1 Å². The number of aromatic nitrogens is 4. The Morgan fingerprint density at radius 2 is 1.90 bits per heavy atom. The summed E-state index contributed by atoms with van der Waals surface area (Å²) in [5.41, 5.74) is 1.82. The van der Waals surface area contributed by atoms with Crippen molar-refractivity contribution in [2.75, 3.05) is 10.6 Å². The number of nitrogens with one attached hydrogen (secondary N) is 2. The third-order valence-electron chi connectivity index (χ3n) is 4.34. The summed E-state index contributed by atoms with van der Waals surface area (Å²) in [4.78, 5) is 25.4. The van der Waals surface area contributed by atoms with Crippen LogP contribution < -0.4 is 10.6 Å². The molecule has 3 aromatic rings. The van der Waals surface area contributed by atoms with Gasteiger partial charge in [0.1, 0.15) is 0 Å². The van der Waals surface area contributed by atoms with Crippen molar-refractivity contribution in [3.63, 3.8) is 0 Å². The van der Waals surface area contributed by atoms with Crippen LogP contribution in [0.4, 0.5) is 11.4 Å². The number of hydrogen-bond acceptors (Lipinski definition) is 6. The number of amides is 2. The normalized spacial score (nSPS) is 13.2. The van der Waals surface area contributed by atoms with E-state index in [1.54, 1.807) is 36.0 Å². The Kier molecular flexibility index (Phi) is 5.63. The van der Waals surface area contributed by atoms with Gasteiger partial charge in [0.15, 0.2) is 0 Å². The first-order chi connectivity index (χ1) is 14.0. The molecule has 1 heterocycles. The Hall–Kier alpha value is -2.72. The van der Waals surface area contributed by atoms with Crippen molar-refractivity contribution in [2.24, 2.45) is 13.0 Å². The smallest absolute Gasteiger partial charge is 0.255 e. The fourth-order valence-electron chi connectivity index (χ4n) is 2.58. The van der Waals surface area contributed by atoms with Crippen LogP contribution in [-0.4, -0.2) is 32.0 Å². The molecule has 0 aliphatic heterocycles. The molecule has 8 nitrogen and oxygen atoms in total. The van der Waals surface area contributed by atoms with E-state index in [-0.39, 0.29) is 17.7 Å². The lowest BCUT2D eigenvalue weighted by molar-refractivity contribution is -0.117. The van der Waals surface area contributed by atoms with Gasteiger partial charge in [0, 0.05) is 33.6 Å². The highest BCUT2D eigenvalue weighted by atomic mass is 79.9. The molecule has 2 amide bonds. The molecule has 0 saturated heterocycles. The predicted molar refractivity (Wildman–Crippen MR) is 113 cm³/mol. The second-order valence-electron chi connectivity index (χ2n) is 6.62. The lowest BCUT2D eigenvalue weighted by Gasteiger charge is -2.11. The number of halogens is 1. The molecule has 0 radical (unpaired) electrons. The summed E-state index contributed by atoms with van der Waals surface area (Å²) in [6.45, 7) is 0. The summed E-state index contributed by atoms with van der Waals surface area (Å²) in [7, 11) is 1.75. The van der Waals surface area contributed by atoms with Crippen molar-refractivity contribution in [1.82, 2.24) is 20.2 Å². The van der Waals surface area contributed by atoms with Gasteiger partial charge in [0.05, 0.1) is 5.69 Å². The van der Waals surface area contributed by atoms with E-state index >= 15 is 0 Å². The van der Waals surface area contributed by atoms with E-state index in [9.17, 15) is 9.59 Å². The maximum absolute atomic E-state index is 12.7. The van der Waals surface area contributed by atoms with Crippen molar-refractivity contribution in [1.29, 1.82) is 0 Å². The SMILES string of the molecule is Cn1nnnc1Sc1ccc(Br)cc1NC(=O)c1ccc(NC(=O)C2CC2)cc1. The van der Waals surface area contributed by atoms with Crippen molar-refractivity contribution in [2.45, 2.75) is 22.9 Å². The van der Waals surface area contributed by atoms with Gasteiger partial charge in [-0.25, -0.2) is 4.68 Å². The molecular weight excluding hydrogens is 456 g/mol. The van der Waals surface area contributed by atoms with Gasteiger partial charge >= 0.3 is 0 Å². The summed E-state index contributed by atoms with van der Waals surface area (Å²) in [5.74, 6) is -0.0769. The summed E-state index contributed by atoms with van der Waals surface area (Å²) < 4.78 is 2.40. The fourth-order valence-corrected chi connectivity index (χ4v) is 3.74. The van der Waals surface area contributed by atoms with Crippen LogP contribution in [0.1, 0.15) is 23.2 Å². The molecular formula is C19H17BrN6O2S. The van der Waals surface area contributed by atoms with Gasteiger partial charge in [-0.1, -0.05) is 15.9 Å². The van der Waals surface area contributed by atoms with E-state index in [1.807, 2.05) is 18.2 Å². The molecule has 10 heteroatoms. The number of tetrazole rings is 1. The minimum atomic E-state index is -0.249. The number of hydrogen-bond donors (Lipinski definition) is 2. The van der Waals surface area contributed by atoms with Gasteiger partial charge in [-0.3, -0.25) is 9.59 Å². The summed E-state index contributed by atoms with van der Waals surface area (Å²) in [6, 6.07) is 12.4. The molecule has 0 bridgehead atoms. The molecule has 148 valence electrons. The van der Waals surface area contributed by atoms with Crippen LogP contribution in [0.25, 0.3) is 0 Å². The van der Waals surface area contributed by atoms with Crippen LogP contribution >= 0.6 is 27.7 Å². The highest BCUT2D eigenvalue weighted by Gasteiger charge is 2.29. The van der Waals surface area contributed by atoms with Gasteiger partial charge in [0.2, 0.25) is 11.1 Å². The first kappa shape index (κ1) is 19.6. The summed E-state index contributed by atoms with van der Waals surface area (Å²) in [6.07, 6.45) is 1.90. The van der Waals surface area contributed by atoms with Gasteiger partial charge < -0.3 is 10.6 Å². The average Bonchev–Trinajstić information content (AvgIpc) is 3.48. The Labute approximate surface area is 179 Å². The molecule has 0 unspecified atom stereocenters. The molecule has 2 aromatic carbocycles. The first-order valence-corrected chi connectivity index (χ1v) is 10.5. The third kappa shape index (κ3) is 4.83. The Bertz CT molecular complexity index is 1060. The lowest BCUT2D eigenvalue weighted by atomic mass is 10.2. The quantitative estimate of drug-likeness (QED) is 0.566. The van der Waals surface area contributed by atoms with Crippen molar-refractivity contribution in [3.8, 4) is 0 Å². The van der Waals surface area contributed by atoms with Crippen LogP contribution in [0.15, 0.2) is 57.0 Å². The van der Waals surface area contributed by atoms with E-state index < -0.39 is 0 Å². The molecule has 0 atom stereocenters. The van der Waals surface area contributed by atoms with Crippen LogP contribution in [0, 0.1) is 5.92 Å². The monoisotopic (exact) mass is 472 g/mol. The van der Waals surface area contributed by atoms with Crippen LogP contribution in [0.3, 0.4) is 0 Å². The van der Waals surface area contributed by atoms with E-state index in [1.165, 1.54) is 11.8 Å². The number of rotatable bonds is 6. The zero-order valence-corrected chi connectivity index (χ0v) is 17.8. The first-order valence-electron chi connectivity index (χ1n) is 8.91. The predicted octanol–water partition coefficient (Wildman–Crippen LogP) is 3.72. The Morgan fingerprint density at radius 1 is 1.14 bits per heavy atom. The standard InChI is InChI=1S/C19H17BrN6O2S/c1-26-19(23-24-25-26)29-16-9-6-13(20)10-15(16)22-18(28)12-4-7-14(8-5-12)21-17(27)11-2-3-11/h4-11H,2-3H2,1H3,(H,21,27)(H,22,28). The number of benzene rings is 2. The zero-order valence-electron chi connectivity index (χ0n) is 15.4. The van der Waals surface area contributed by atoms with Gasteiger partial charge in [0.25, 0.3) is 5.91 Å². The van der Waals surface area contributed by atoms with E-state index in [4.69, 9.17) is 0 Å². The second kappa shape index (κ2) is 8.34. The van der Waals surface area contributed by atoms with Crippen molar-refractivity contribution >= 4 is 50.9 Å². The molecule has 1 fully saturated rings. The highest BCUT2D eigenvalue weighted by Crippen LogP contribution is 2.34. The van der Waals surface area contributed by atoms with Crippen LogP contribution in [-0.2, 0) is 11.8 Å². The van der Waals surface area contributed by atoms with Crippen molar-refractivity contribution in [3.05, 3.63) is 52.5 Å². The molecule has 29 heavy (non-hydrogen) atoms. The Morgan fingerprint density at radius 3 is 2.55 bits per heavy atom. The number of carbonyl (C=O) groups is 2. The zero-order chi connectivity index (χ0) is 20.4. The topological polar surface area (TPSA) is 102 Å². The maximum atomic E-state index is 12.7. The number of carbonyl (C=O) groups excluding carboxylic acids is 2. The number of nitrogens with zero attached hydrogens (tertiary/aromatic N) is 4. The molecule has 1 aliphatic carbocycles. The van der Waals surface area contributed by atoms with Crippen LogP contribution in [0.2, 0.25) is 0 Å². The number of anilines is 2. The van der Waals surface area contributed by atoms with E-state index in [0.717, 1.165) is 22.2 Å². The molecule has 1 aliphatic rings. The molecule has 0 spiro atoms. The number of aryl methyl sites for hydroxylation is 1. The van der Waals surface area contributed by atoms with Crippen molar-refractivity contribution < 1.29 is 9.59 Å². The average molecular weight is 473 g/mol. The molecule has 4 rings (SSSR count). The van der Waals surface area contributed by atoms with Crippen LogP contribution in [0.5, 0.6) is 0 Å². The minimum Gasteiger partial charge on any atom is -0.326 e. The molecule has 1 aromatic heterocycles. The summed E-state index contributed by atoms with van der Waals surface area (Å²) in [5, 5.41) is 17.8. The summed E-state index contributed by atoms with van der Waals surface area (Å²) >= 11 is 4.79. The molecule has 1 saturated carbocycles. The minimum absolute atomic E-state index is 0.0382. The second-order valence-corrected chi connectivity index (χ2v) is 8.55. The van der Waals surface area contributed by atoms with E-state index in [2.05, 4.69) is 42.1 Å². The third-order valence-corrected chi connectivity index (χ3v) is 5.93. The largest absolute Gasteiger partial charge is 0.326 e. The highest BCUT2D eigenvalue weighted by molar-refractivity contribution is 9.10. The molecule has 2 N–H and O–H groups in total. The van der Waals surface area contributed by atoms with Gasteiger partial charge in [-0.2, -0.15) is 0 Å².